The highest BCUT2D eigenvalue weighted by molar-refractivity contribution is 6.44. The van der Waals surface area contributed by atoms with Crippen molar-refractivity contribution in [3.8, 4) is 0 Å². The van der Waals surface area contributed by atoms with E-state index in [4.69, 9.17) is 5.73 Å². The van der Waals surface area contributed by atoms with Crippen molar-refractivity contribution in [1.82, 2.24) is 0 Å². The number of anilines is 3. The third kappa shape index (κ3) is 3.95. The van der Waals surface area contributed by atoms with E-state index in [1.807, 2.05) is 44.1 Å². The molecule has 2 amide bonds. The molecule has 7 nitrogen and oxygen atoms in total. The SMILES string of the molecule is Cc1cc(N(C)C)ccc1NC(=O)C1=NN(c2ccc(F)cc2)C(C(N)=O)C1. The molecule has 3 rings (SSSR count). The van der Waals surface area contributed by atoms with Gasteiger partial charge in [-0.1, -0.05) is 0 Å². The average molecular weight is 383 g/mol. The molecule has 8 heteroatoms. The number of halogens is 1. The summed E-state index contributed by atoms with van der Waals surface area (Å²) in [6, 6.07) is 10.4. The lowest BCUT2D eigenvalue weighted by Crippen LogP contribution is -2.39. The molecule has 1 aliphatic heterocycles. The molecule has 2 aromatic rings. The second-order valence-electron chi connectivity index (χ2n) is 6.84. The Morgan fingerprint density at radius 3 is 2.46 bits per heavy atom. The van der Waals surface area contributed by atoms with Gasteiger partial charge >= 0.3 is 0 Å². The van der Waals surface area contributed by atoms with Gasteiger partial charge in [0.15, 0.2) is 0 Å². The number of rotatable bonds is 5. The molecule has 28 heavy (non-hydrogen) atoms. The first kappa shape index (κ1) is 19.3. The largest absolute Gasteiger partial charge is 0.378 e. The summed E-state index contributed by atoms with van der Waals surface area (Å²) in [7, 11) is 3.88. The first-order valence-corrected chi connectivity index (χ1v) is 8.77. The first-order chi connectivity index (χ1) is 13.3. The summed E-state index contributed by atoms with van der Waals surface area (Å²) in [4.78, 5) is 26.5. The van der Waals surface area contributed by atoms with Crippen LogP contribution in [0.5, 0.6) is 0 Å². The molecular weight excluding hydrogens is 361 g/mol. The number of carbonyl (C=O) groups excluding carboxylic acids is 2. The molecule has 0 saturated carbocycles. The Balaban J connectivity index is 1.82. The van der Waals surface area contributed by atoms with Gasteiger partial charge in [-0.2, -0.15) is 5.10 Å². The predicted octanol–water partition coefficient (Wildman–Crippen LogP) is 2.26. The minimum Gasteiger partial charge on any atom is -0.378 e. The fourth-order valence-electron chi connectivity index (χ4n) is 2.96. The Labute approximate surface area is 162 Å². The van der Waals surface area contributed by atoms with Gasteiger partial charge in [0.05, 0.1) is 5.69 Å². The zero-order chi connectivity index (χ0) is 20.4. The highest BCUT2D eigenvalue weighted by atomic mass is 19.1. The summed E-state index contributed by atoms with van der Waals surface area (Å²) in [5.74, 6) is -1.42. The number of hydrazone groups is 1. The van der Waals surface area contributed by atoms with Crippen LogP contribution in [0, 0.1) is 12.7 Å². The maximum atomic E-state index is 13.2. The second-order valence-corrected chi connectivity index (χ2v) is 6.84. The zero-order valence-electron chi connectivity index (χ0n) is 15.9. The standard InChI is InChI=1S/C20H22FN5O2/c1-12-10-15(25(2)3)8-9-16(12)23-20(28)17-11-18(19(22)27)26(24-17)14-6-4-13(21)5-7-14/h4-10,18H,11H2,1-3H3,(H2,22,27)(H,23,28). The summed E-state index contributed by atoms with van der Waals surface area (Å²) in [5, 5.41) is 8.46. The van der Waals surface area contributed by atoms with E-state index in [0.717, 1.165) is 11.3 Å². The number of benzene rings is 2. The molecule has 3 N–H and O–H groups in total. The molecule has 1 atom stereocenters. The molecule has 0 bridgehead atoms. The lowest BCUT2D eigenvalue weighted by atomic mass is 10.1. The lowest BCUT2D eigenvalue weighted by Gasteiger charge is -2.20. The fourth-order valence-corrected chi connectivity index (χ4v) is 2.96. The van der Waals surface area contributed by atoms with Crippen LogP contribution in [0.1, 0.15) is 12.0 Å². The smallest absolute Gasteiger partial charge is 0.271 e. The molecule has 0 saturated heterocycles. The van der Waals surface area contributed by atoms with Gasteiger partial charge in [-0.15, -0.1) is 0 Å². The normalized spacial score (nSPS) is 15.9. The van der Waals surface area contributed by atoms with Gasteiger partial charge in [0.25, 0.3) is 5.91 Å². The minimum atomic E-state index is -0.802. The summed E-state index contributed by atoms with van der Waals surface area (Å²) < 4.78 is 13.2. The Morgan fingerprint density at radius 1 is 1.21 bits per heavy atom. The summed E-state index contributed by atoms with van der Waals surface area (Å²) in [6.45, 7) is 1.90. The number of hydrogen-bond donors (Lipinski definition) is 2. The van der Waals surface area contributed by atoms with Gasteiger partial charge in [-0.25, -0.2) is 4.39 Å². The molecular formula is C20H22FN5O2. The van der Waals surface area contributed by atoms with Crippen molar-refractivity contribution >= 4 is 34.6 Å². The summed E-state index contributed by atoms with van der Waals surface area (Å²) in [5.41, 5.74) is 8.73. The maximum Gasteiger partial charge on any atom is 0.271 e. The van der Waals surface area contributed by atoms with Crippen molar-refractivity contribution in [3.05, 3.63) is 53.8 Å². The van der Waals surface area contributed by atoms with Crippen LogP contribution >= 0.6 is 0 Å². The van der Waals surface area contributed by atoms with Crippen LogP contribution in [-0.4, -0.2) is 37.7 Å². The Bertz CT molecular complexity index is 940. The molecule has 0 radical (unpaired) electrons. The van der Waals surface area contributed by atoms with E-state index in [9.17, 15) is 14.0 Å². The predicted molar refractivity (Wildman–Crippen MR) is 108 cm³/mol. The van der Waals surface area contributed by atoms with Crippen LogP contribution in [0.15, 0.2) is 47.6 Å². The van der Waals surface area contributed by atoms with Crippen LogP contribution < -0.4 is 21.0 Å². The highest BCUT2D eigenvalue weighted by Crippen LogP contribution is 2.26. The van der Waals surface area contributed by atoms with Crippen molar-refractivity contribution in [2.24, 2.45) is 10.8 Å². The van der Waals surface area contributed by atoms with Gasteiger partial charge in [0.1, 0.15) is 17.6 Å². The number of carbonyl (C=O) groups is 2. The van der Waals surface area contributed by atoms with Crippen LogP contribution in [0.3, 0.4) is 0 Å². The molecule has 2 aromatic carbocycles. The van der Waals surface area contributed by atoms with Crippen LogP contribution in [0.25, 0.3) is 0 Å². The third-order valence-corrected chi connectivity index (χ3v) is 4.57. The van der Waals surface area contributed by atoms with E-state index in [0.29, 0.717) is 11.4 Å². The summed E-state index contributed by atoms with van der Waals surface area (Å²) >= 11 is 0. The highest BCUT2D eigenvalue weighted by Gasteiger charge is 2.35. The lowest BCUT2D eigenvalue weighted by molar-refractivity contribution is -0.119. The number of nitrogens with one attached hydrogen (secondary N) is 1. The van der Waals surface area contributed by atoms with Crippen LogP contribution in [0.2, 0.25) is 0 Å². The van der Waals surface area contributed by atoms with Gasteiger partial charge in [0, 0.05) is 31.9 Å². The number of nitrogens with zero attached hydrogens (tertiary/aromatic N) is 3. The van der Waals surface area contributed by atoms with Gasteiger partial charge in [-0.3, -0.25) is 14.6 Å². The maximum absolute atomic E-state index is 13.2. The van der Waals surface area contributed by atoms with Crippen molar-refractivity contribution < 1.29 is 14.0 Å². The first-order valence-electron chi connectivity index (χ1n) is 8.77. The van der Waals surface area contributed by atoms with Crippen molar-refractivity contribution in [2.45, 2.75) is 19.4 Å². The van der Waals surface area contributed by atoms with Gasteiger partial charge < -0.3 is 16.0 Å². The van der Waals surface area contributed by atoms with Gasteiger partial charge in [0.2, 0.25) is 5.91 Å². The molecule has 0 aliphatic carbocycles. The molecule has 0 aromatic heterocycles. The zero-order valence-corrected chi connectivity index (χ0v) is 15.9. The van der Waals surface area contributed by atoms with E-state index in [1.54, 1.807) is 0 Å². The van der Waals surface area contributed by atoms with Crippen molar-refractivity contribution in [2.75, 3.05) is 29.3 Å². The molecule has 0 spiro atoms. The number of aryl methyl sites for hydroxylation is 1. The Kier molecular flexibility index (Phi) is 5.30. The van der Waals surface area contributed by atoms with Crippen molar-refractivity contribution in [1.29, 1.82) is 0 Å². The van der Waals surface area contributed by atoms with E-state index in [2.05, 4.69) is 10.4 Å². The molecule has 0 fully saturated rings. The topological polar surface area (TPSA) is 91.0 Å². The van der Waals surface area contributed by atoms with E-state index < -0.39 is 23.7 Å². The van der Waals surface area contributed by atoms with Crippen LogP contribution in [0.4, 0.5) is 21.5 Å². The van der Waals surface area contributed by atoms with E-state index in [-0.39, 0.29) is 12.1 Å². The number of amides is 2. The number of hydrogen-bond acceptors (Lipinski definition) is 5. The minimum absolute atomic E-state index is 0.0768. The quantitative estimate of drug-likeness (QED) is 0.829. The summed E-state index contributed by atoms with van der Waals surface area (Å²) in [6.07, 6.45) is 0.0768. The number of nitrogens with two attached hydrogens (primary N) is 1. The monoisotopic (exact) mass is 383 g/mol. The van der Waals surface area contributed by atoms with Crippen LogP contribution in [-0.2, 0) is 9.59 Å². The van der Waals surface area contributed by atoms with Gasteiger partial charge in [-0.05, 0) is 55.0 Å². The molecule has 1 heterocycles. The molecule has 1 aliphatic rings. The van der Waals surface area contributed by atoms with Crippen molar-refractivity contribution in [3.63, 3.8) is 0 Å². The Hall–Kier alpha value is -3.42. The average Bonchev–Trinajstić information content (AvgIpc) is 3.09. The Morgan fingerprint density at radius 2 is 1.89 bits per heavy atom. The number of primary amides is 1. The van der Waals surface area contributed by atoms with E-state index >= 15 is 0 Å². The van der Waals surface area contributed by atoms with E-state index in [1.165, 1.54) is 29.3 Å². The fraction of sp³-hybridized carbons (Fsp3) is 0.250. The second kappa shape index (κ2) is 7.67. The third-order valence-electron chi connectivity index (χ3n) is 4.57. The molecule has 146 valence electrons. The molecule has 1 unspecified atom stereocenters.